The summed E-state index contributed by atoms with van der Waals surface area (Å²) in [7, 11) is 0. The first-order valence-electron chi connectivity index (χ1n) is 9.03. The van der Waals surface area contributed by atoms with Crippen molar-refractivity contribution in [3.8, 4) is 0 Å². The van der Waals surface area contributed by atoms with E-state index in [2.05, 4.69) is 32.0 Å². The highest BCUT2D eigenvalue weighted by molar-refractivity contribution is 5.22. The van der Waals surface area contributed by atoms with Gasteiger partial charge in [-0.1, -0.05) is 5.16 Å². The van der Waals surface area contributed by atoms with Crippen LogP contribution in [0.2, 0.25) is 0 Å². The molecular formula is C17H24N6O2. The summed E-state index contributed by atoms with van der Waals surface area (Å²) < 4.78 is 6.80. The van der Waals surface area contributed by atoms with Crippen LogP contribution in [0, 0.1) is 0 Å². The number of hydrogen-bond acceptors (Lipinski definition) is 7. The van der Waals surface area contributed by atoms with Gasteiger partial charge in [-0.25, -0.2) is 4.68 Å². The summed E-state index contributed by atoms with van der Waals surface area (Å²) in [5, 5.41) is 8.24. The molecule has 0 spiro atoms. The molecule has 2 aromatic heterocycles. The Hall–Kier alpha value is -2.06. The summed E-state index contributed by atoms with van der Waals surface area (Å²) in [6.45, 7) is 7.46. The number of nitrogens with zero attached hydrogens (tertiary/aromatic N) is 6. The normalized spacial score (nSPS) is 19.9. The van der Waals surface area contributed by atoms with Gasteiger partial charge in [-0.15, -0.1) is 0 Å². The van der Waals surface area contributed by atoms with E-state index in [1.54, 1.807) is 10.7 Å². The molecule has 4 rings (SSSR count). The van der Waals surface area contributed by atoms with Crippen LogP contribution in [0.3, 0.4) is 0 Å². The molecule has 3 heterocycles. The molecule has 8 heteroatoms. The number of hydrogen-bond donors (Lipinski definition) is 0. The van der Waals surface area contributed by atoms with Crippen LogP contribution in [0.25, 0.3) is 0 Å². The molecule has 25 heavy (non-hydrogen) atoms. The van der Waals surface area contributed by atoms with Crippen LogP contribution in [0.5, 0.6) is 0 Å². The predicted octanol–water partition coefficient (Wildman–Crippen LogP) is 0.494. The SMILES string of the molecule is CC(c1ncno1)N1CCN(CCn2nc3c(cc2=O)CCC3)CC1. The molecule has 1 aliphatic carbocycles. The first-order valence-corrected chi connectivity index (χ1v) is 9.03. The molecule has 1 saturated heterocycles. The quantitative estimate of drug-likeness (QED) is 0.781. The highest BCUT2D eigenvalue weighted by atomic mass is 16.5. The lowest BCUT2D eigenvalue weighted by atomic mass is 10.2. The van der Waals surface area contributed by atoms with Crippen molar-refractivity contribution in [3.63, 3.8) is 0 Å². The van der Waals surface area contributed by atoms with E-state index in [1.165, 1.54) is 6.33 Å². The van der Waals surface area contributed by atoms with Crippen LogP contribution in [0.1, 0.15) is 36.5 Å². The third kappa shape index (κ3) is 3.50. The molecule has 1 atom stereocenters. The van der Waals surface area contributed by atoms with E-state index >= 15 is 0 Å². The van der Waals surface area contributed by atoms with Gasteiger partial charge in [0.05, 0.1) is 18.3 Å². The van der Waals surface area contributed by atoms with Gasteiger partial charge < -0.3 is 4.52 Å². The molecule has 0 radical (unpaired) electrons. The molecular weight excluding hydrogens is 320 g/mol. The minimum absolute atomic E-state index is 0.0318. The summed E-state index contributed by atoms with van der Waals surface area (Å²) in [5.41, 5.74) is 2.28. The Morgan fingerprint density at radius 3 is 2.80 bits per heavy atom. The number of rotatable bonds is 5. The predicted molar refractivity (Wildman–Crippen MR) is 91.2 cm³/mol. The average molecular weight is 344 g/mol. The number of aromatic nitrogens is 4. The van der Waals surface area contributed by atoms with Gasteiger partial charge in [0.2, 0.25) is 5.89 Å². The molecule has 1 unspecified atom stereocenters. The Labute approximate surface area is 146 Å². The molecule has 0 amide bonds. The second-order valence-corrected chi connectivity index (χ2v) is 6.86. The van der Waals surface area contributed by atoms with Crippen LogP contribution in [-0.2, 0) is 19.4 Å². The summed E-state index contributed by atoms with van der Waals surface area (Å²) in [5.74, 6) is 0.669. The van der Waals surface area contributed by atoms with Gasteiger partial charge in [0.25, 0.3) is 5.56 Å². The Bertz CT molecular complexity index is 764. The smallest absolute Gasteiger partial charge is 0.267 e. The molecule has 0 aromatic carbocycles. The van der Waals surface area contributed by atoms with Crippen LogP contribution < -0.4 is 5.56 Å². The van der Waals surface area contributed by atoms with Crippen LogP contribution in [0.4, 0.5) is 0 Å². The van der Waals surface area contributed by atoms with E-state index in [9.17, 15) is 4.79 Å². The zero-order valence-electron chi connectivity index (χ0n) is 14.6. The molecule has 2 aliphatic rings. The second-order valence-electron chi connectivity index (χ2n) is 6.86. The highest BCUT2D eigenvalue weighted by Gasteiger charge is 2.25. The van der Waals surface area contributed by atoms with Gasteiger partial charge in [-0.2, -0.15) is 10.1 Å². The van der Waals surface area contributed by atoms with Crippen molar-refractivity contribution in [2.45, 2.75) is 38.8 Å². The maximum absolute atomic E-state index is 12.2. The maximum Gasteiger partial charge on any atom is 0.267 e. The van der Waals surface area contributed by atoms with Gasteiger partial charge >= 0.3 is 0 Å². The van der Waals surface area contributed by atoms with Gasteiger partial charge in [0, 0.05) is 38.8 Å². The van der Waals surface area contributed by atoms with Crippen molar-refractivity contribution in [2.75, 3.05) is 32.7 Å². The third-order valence-electron chi connectivity index (χ3n) is 5.34. The maximum atomic E-state index is 12.2. The van der Waals surface area contributed by atoms with E-state index in [1.807, 2.05) is 0 Å². The zero-order valence-corrected chi connectivity index (χ0v) is 14.6. The minimum atomic E-state index is 0.0318. The van der Waals surface area contributed by atoms with Gasteiger partial charge in [-0.3, -0.25) is 14.6 Å². The Morgan fingerprint density at radius 1 is 1.20 bits per heavy atom. The molecule has 0 N–H and O–H groups in total. The van der Waals surface area contributed by atoms with E-state index in [4.69, 9.17) is 4.52 Å². The van der Waals surface area contributed by atoms with E-state index in [0.29, 0.717) is 12.4 Å². The fourth-order valence-electron chi connectivity index (χ4n) is 3.73. The standard InChI is InChI=1S/C17H24N6O2/c1-13(17-18-12-19-25-17)22-8-5-21(6-9-22)7-10-23-16(24)11-14-3-2-4-15(14)20-23/h11-13H,2-10H2,1H3. The molecule has 0 bridgehead atoms. The Balaban J connectivity index is 1.30. The minimum Gasteiger partial charge on any atom is -0.338 e. The monoisotopic (exact) mass is 344 g/mol. The first kappa shape index (κ1) is 16.4. The van der Waals surface area contributed by atoms with Crippen molar-refractivity contribution in [2.24, 2.45) is 0 Å². The molecule has 8 nitrogen and oxygen atoms in total. The van der Waals surface area contributed by atoms with Crippen molar-refractivity contribution in [1.29, 1.82) is 0 Å². The molecule has 134 valence electrons. The van der Waals surface area contributed by atoms with Crippen molar-refractivity contribution in [1.82, 2.24) is 29.7 Å². The van der Waals surface area contributed by atoms with Crippen LogP contribution >= 0.6 is 0 Å². The number of piperazine rings is 1. The molecule has 2 aromatic rings. The lowest BCUT2D eigenvalue weighted by Crippen LogP contribution is -2.48. The van der Waals surface area contributed by atoms with Crippen LogP contribution in [0.15, 0.2) is 21.7 Å². The number of fused-ring (bicyclic) bond motifs is 1. The molecule has 1 fully saturated rings. The summed E-state index contributed by atoms with van der Waals surface area (Å²) in [6, 6.07) is 1.92. The lowest BCUT2D eigenvalue weighted by molar-refractivity contribution is 0.0856. The Kier molecular flexibility index (Phi) is 4.63. The van der Waals surface area contributed by atoms with Crippen molar-refractivity contribution >= 4 is 0 Å². The zero-order chi connectivity index (χ0) is 17.2. The first-order chi connectivity index (χ1) is 12.2. The lowest BCUT2D eigenvalue weighted by Gasteiger charge is -2.36. The fraction of sp³-hybridized carbons (Fsp3) is 0.647. The fourth-order valence-corrected chi connectivity index (χ4v) is 3.73. The van der Waals surface area contributed by atoms with E-state index in [-0.39, 0.29) is 11.6 Å². The van der Waals surface area contributed by atoms with Crippen molar-refractivity contribution in [3.05, 3.63) is 39.9 Å². The second kappa shape index (κ2) is 7.05. The summed E-state index contributed by atoms with van der Waals surface area (Å²) in [4.78, 5) is 21.1. The highest BCUT2D eigenvalue weighted by Crippen LogP contribution is 2.19. The van der Waals surface area contributed by atoms with Crippen LogP contribution in [-0.4, -0.2) is 62.4 Å². The van der Waals surface area contributed by atoms with Gasteiger partial charge in [0.15, 0.2) is 6.33 Å². The summed E-state index contributed by atoms with van der Waals surface area (Å²) in [6.07, 6.45) is 4.57. The average Bonchev–Trinajstić information content (AvgIpc) is 3.31. The van der Waals surface area contributed by atoms with E-state index < -0.39 is 0 Å². The van der Waals surface area contributed by atoms with Crippen molar-refractivity contribution < 1.29 is 4.52 Å². The number of aryl methyl sites for hydroxylation is 2. The Morgan fingerprint density at radius 2 is 2.04 bits per heavy atom. The van der Waals surface area contributed by atoms with Gasteiger partial charge in [0.1, 0.15) is 0 Å². The largest absolute Gasteiger partial charge is 0.338 e. The topological polar surface area (TPSA) is 80.3 Å². The molecule has 1 aliphatic heterocycles. The van der Waals surface area contributed by atoms with E-state index in [0.717, 1.165) is 63.2 Å². The van der Waals surface area contributed by atoms with Gasteiger partial charge in [-0.05, 0) is 31.7 Å². The molecule has 0 saturated carbocycles. The third-order valence-corrected chi connectivity index (χ3v) is 5.34. The summed E-state index contributed by atoms with van der Waals surface area (Å²) >= 11 is 0.